The van der Waals surface area contributed by atoms with Crippen LogP contribution in [-0.4, -0.2) is 189 Å². The summed E-state index contributed by atoms with van der Waals surface area (Å²) in [6, 6.07) is 67.4. The van der Waals surface area contributed by atoms with Gasteiger partial charge in [0.1, 0.15) is 42.2 Å². The molecule has 28 nitrogen and oxygen atoms in total. The first-order valence-corrected chi connectivity index (χ1v) is 57.4. The molecule has 12 atom stereocenters. The van der Waals surface area contributed by atoms with E-state index in [0.717, 1.165) is 81.3 Å². The van der Waals surface area contributed by atoms with Crippen LogP contribution >= 0.6 is 20.9 Å². The molecule has 2 aliphatic heterocycles. The number of carbonyl (C=O) groups excluding carboxylic acids is 8. The Kier molecular flexibility index (Phi) is 32.9. The maximum atomic E-state index is 13.7. The summed E-state index contributed by atoms with van der Waals surface area (Å²) in [5, 5.41) is 6.27. The third-order valence-electron chi connectivity index (χ3n) is 34.4. The first-order chi connectivity index (χ1) is 69.5. The van der Waals surface area contributed by atoms with Crippen molar-refractivity contribution in [3.05, 3.63) is 194 Å². The first kappa shape index (κ1) is 112. The number of halogens is 4. The maximum absolute atomic E-state index is 13.7. The first-order valence-electron chi connectivity index (χ1n) is 50.8. The fourth-order valence-electron chi connectivity index (χ4n) is 28.1. The van der Waals surface area contributed by atoms with E-state index in [4.69, 9.17) is 28.4 Å². The van der Waals surface area contributed by atoms with Gasteiger partial charge in [0.15, 0.2) is 62.0 Å². The van der Waals surface area contributed by atoms with E-state index in [0.29, 0.717) is 48.3 Å². The number of hydrogen-bond donors (Lipinski definition) is 1. The van der Waals surface area contributed by atoms with Crippen LogP contribution in [0.15, 0.2) is 188 Å². The second kappa shape index (κ2) is 43.9. The Balaban J connectivity index is 0.000000133. The molecule has 2 saturated heterocycles. The molecule has 12 unspecified atom stereocenters. The summed E-state index contributed by atoms with van der Waals surface area (Å²) in [7, 11) is -8.93. The predicted octanol–water partition coefficient (Wildman–Crippen LogP) is 19.8. The van der Waals surface area contributed by atoms with Gasteiger partial charge < -0.3 is 61.1 Å². The van der Waals surface area contributed by atoms with Crippen LogP contribution in [0.1, 0.15) is 176 Å². The number of quaternary nitrogens is 1. The predicted molar refractivity (Wildman–Crippen MR) is 546 cm³/mol. The largest absolute Gasteiger partial charge is 0.743 e. The highest BCUT2D eigenvalue weighted by Crippen LogP contribution is 2.66. The highest BCUT2D eigenvalue weighted by Gasteiger charge is 2.73. The minimum atomic E-state index is -6.02. The van der Waals surface area contributed by atoms with Gasteiger partial charge in [-0.1, -0.05) is 130 Å². The zero-order valence-electron chi connectivity index (χ0n) is 82.8. The summed E-state index contributed by atoms with van der Waals surface area (Å²) in [5.74, 6) is -3.89. The Morgan fingerprint density at radius 2 is 0.671 bits per heavy atom. The van der Waals surface area contributed by atoms with Crippen LogP contribution in [0.5, 0.6) is 0 Å². The fraction of sp³-hybridized carbons (Fsp3) is 0.554. The lowest BCUT2D eigenvalue weighted by Crippen LogP contribution is -2.59. The van der Waals surface area contributed by atoms with Crippen molar-refractivity contribution in [2.75, 3.05) is 41.5 Å². The molecule has 0 amide bonds. The summed E-state index contributed by atoms with van der Waals surface area (Å²) in [4.78, 5) is 104. The molecule has 16 aliphatic carbocycles. The van der Waals surface area contributed by atoms with Gasteiger partial charge in [-0.25, -0.2) is 25.3 Å². The van der Waals surface area contributed by atoms with Crippen molar-refractivity contribution in [3.63, 3.8) is 0 Å². The Morgan fingerprint density at radius 1 is 0.403 bits per heavy atom. The Morgan fingerprint density at radius 3 is 0.953 bits per heavy atom. The second-order valence-corrected chi connectivity index (χ2v) is 52.6. The third kappa shape index (κ3) is 23.2. The molecule has 18 aliphatic rings. The van der Waals surface area contributed by atoms with Crippen LogP contribution in [-0.2, 0) is 118 Å². The average molecular weight is 2160 g/mol. The third-order valence-corrected chi connectivity index (χ3v) is 41.2. The van der Waals surface area contributed by atoms with Crippen molar-refractivity contribution in [1.29, 1.82) is 0 Å². The van der Waals surface area contributed by atoms with E-state index < -0.39 is 199 Å². The van der Waals surface area contributed by atoms with Crippen molar-refractivity contribution >= 4 is 140 Å². The summed E-state index contributed by atoms with van der Waals surface area (Å²) in [6.45, 7) is 3.27. The standard InChI is InChI=1S/2C26H32F2O11S.2C18H13S.C11H18O.C10H16N.CH4O4S.2CH4/c2*1-25(13-5-11-4-12(7-13)8-14(25)6-11)39-24(32)20-16-9-15-19(20)23(31)38-22(15)21(16)37-18(30)3-2-17(29)36-10-26(27,28)40(33,34)35;2*1-2-8-14(9-3-1)19-17-12-6-4-10-15(17)16-11-5-7-13-18(16)19;1-11(12)9-3-7-2-8(5-9)6-10(11)4-7;1-11(2,3)9-10-7-5-4-6-8-10;1-5-6(2,3)4;;/h2*11-16,19-22H,2-10H2,1H3,(H,33,34,35);2*1-13H;7-10,12H,2-6H2,1H3;4-8H,9H2,1-3H3;1H3,(H,2,3,4);2*1H4/q;;2*+1;;+1;;;/p-3. The molecular weight excluding hydrogens is 2030 g/mol. The molecule has 7 aromatic carbocycles. The van der Waals surface area contributed by atoms with Gasteiger partial charge in [0.05, 0.1) is 83.2 Å². The number of nitrogens with zero attached hydrogens (tertiary/aromatic N) is 1. The number of fused-ring (bicyclic) bond motifs is 8. The number of alkyl halides is 4. The number of hydrogen-bond acceptors (Lipinski definition) is 27. The quantitative estimate of drug-likeness (QED) is 0.0118. The smallest absolute Gasteiger partial charge is 0.367 e. The molecule has 806 valence electrons. The molecule has 9 aromatic rings. The number of carbonyl (C=O) groups is 8. The summed E-state index contributed by atoms with van der Waals surface area (Å²) in [6.07, 6.45) is 12.5. The normalized spacial score (nSPS) is 32.0. The van der Waals surface area contributed by atoms with Gasteiger partial charge in [-0.2, -0.15) is 17.6 Å². The van der Waals surface area contributed by atoms with Gasteiger partial charge in [-0.15, -0.1) is 0 Å². The minimum Gasteiger partial charge on any atom is -0.743 e. The lowest BCUT2D eigenvalue weighted by atomic mass is 9.50. The molecule has 0 radical (unpaired) electrons. The van der Waals surface area contributed by atoms with Gasteiger partial charge >= 0.3 is 58.3 Å². The zero-order chi connectivity index (χ0) is 105. The van der Waals surface area contributed by atoms with Gasteiger partial charge in [0.25, 0.3) is 0 Å². The van der Waals surface area contributed by atoms with Crippen LogP contribution in [0.2, 0.25) is 0 Å². The van der Waals surface area contributed by atoms with Gasteiger partial charge in [0.2, 0.25) is 10.4 Å². The highest BCUT2D eigenvalue weighted by atomic mass is 32.3. The molecule has 1 N–H and O–H groups in total. The Bertz CT molecular complexity index is 6270. The number of aliphatic hydroxyl groups is 1. The van der Waals surface area contributed by atoms with Crippen LogP contribution in [0.3, 0.4) is 0 Å². The van der Waals surface area contributed by atoms with Gasteiger partial charge in [-0.05, 0) is 274 Å². The molecule has 149 heavy (non-hydrogen) atoms. The van der Waals surface area contributed by atoms with Crippen molar-refractivity contribution in [1.82, 2.24) is 0 Å². The van der Waals surface area contributed by atoms with Crippen molar-refractivity contribution in [2.45, 2.75) is 229 Å². The zero-order valence-corrected chi connectivity index (χ0v) is 86.9. The lowest BCUT2D eigenvalue weighted by Gasteiger charge is -2.59. The molecule has 2 aromatic heterocycles. The number of thiophene rings is 2. The van der Waals surface area contributed by atoms with Crippen LogP contribution in [0, 0.1) is 118 Å². The lowest BCUT2D eigenvalue weighted by molar-refractivity contribution is -0.884. The molecule has 16 bridgehead atoms. The van der Waals surface area contributed by atoms with Crippen molar-refractivity contribution in [3.8, 4) is 9.79 Å². The van der Waals surface area contributed by atoms with E-state index in [1.165, 1.54) is 101 Å². The highest BCUT2D eigenvalue weighted by molar-refractivity contribution is 7.87. The molecule has 27 rings (SSSR count). The van der Waals surface area contributed by atoms with E-state index in [2.05, 4.69) is 230 Å². The van der Waals surface area contributed by atoms with Crippen molar-refractivity contribution < 1.29 is 146 Å². The summed E-state index contributed by atoms with van der Waals surface area (Å²) >= 11 is 0. The monoisotopic (exact) mass is 2160 g/mol. The van der Waals surface area contributed by atoms with E-state index in [9.17, 15) is 99.9 Å². The van der Waals surface area contributed by atoms with Gasteiger partial charge in [0, 0.05) is 71.7 Å². The summed E-state index contributed by atoms with van der Waals surface area (Å²) < 4.78 is 196. The number of ether oxygens (including phenoxy) is 8. The maximum Gasteiger partial charge on any atom is 0.367 e. The number of benzene rings is 7. The molecule has 16 saturated carbocycles. The second-order valence-electron chi connectivity index (χ2n) is 44.5. The molecule has 37 heteroatoms. The Hall–Kier alpha value is -9.93. The van der Waals surface area contributed by atoms with E-state index in [-0.39, 0.29) is 76.9 Å². The average Bonchev–Trinajstić information content (AvgIpc) is 1.55. The van der Waals surface area contributed by atoms with Crippen LogP contribution in [0.25, 0.3) is 50.1 Å². The summed E-state index contributed by atoms with van der Waals surface area (Å²) in [5.41, 5.74) is -0.0839. The van der Waals surface area contributed by atoms with E-state index in [1.807, 2.05) is 13.8 Å². The van der Waals surface area contributed by atoms with Crippen molar-refractivity contribution in [2.24, 2.45) is 118 Å². The number of esters is 8. The van der Waals surface area contributed by atoms with E-state index >= 15 is 0 Å². The Labute approximate surface area is 872 Å². The SMILES string of the molecule is C.C.CC1(O)C2CC3CC(C2)CC1C3.CC1(OC(=O)C2C3CC4C(OC(=O)C42)C3OC(=O)CCC(=O)OCC(F)(F)S(=O)(=O)[O-])C2CC3CC(C2)CC1C3.CC1(OC(=O)C2C3CC4C(OC(=O)C42)C3OC(=O)CCC(=O)OCC(F)(F)S(=O)(=O)[O-])C2CC3CC(C2)CC1C3.COS(=O)(=O)[O-].C[N+](C)(C)Cc1ccccc1.c1ccc(-[s+]2c3ccccc3c3ccccc32)cc1.c1ccc(-[s+]2c3ccccc3c3ccccc32)cc1. The minimum absolute atomic E-state index is 0. The molecule has 0 spiro atoms. The van der Waals surface area contributed by atoms with Crippen LogP contribution in [0.4, 0.5) is 17.6 Å². The van der Waals surface area contributed by atoms with Crippen LogP contribution < -0.4 is 0 Å². The topological polar surface area (TPSA) is 411 Å². The van der Waals surface area contributed by atoms with Gasteiger partial charge in [-0.3, -0.25) is 42.5 Å². The fourth-order valence-corrected chi connectivity index (χ4v) is 33.3. The molecule has 18 fully saturated rings. The van der Waals surface area contributed by atoms with E-state index in [1.54, 1.807) is 0 Å². The molecule has 4 heterocycles. The molecular formula is C112H133F4NO27S5. The number of rotatable bonds is 23.